The smallest absolute Gasteiger partial charge is 0.329 e. The van der Waals surface area contributed by atoms with Gasteiger partial charge in [-0.3, -0.25) is 4.79 Å². The number of amides is 1. The zero-order chi connectivity index (χ0) is 20.7. The average molecular weight is 409 g/mol. The molecule has 0 spiro atoms. The van der Waals surface area contributed by atoms with Gasteiger partial charge in [0.2, 0.25) is 10.0 Å². The van der Waals surface area contributed by atoms with Gasteiger partial charge in [0.25, 0.3) is 5.91 Å². The SMILES string of the molecule is CC(C)[C@H](NC(=O)c1cccc(S(=O)(=O)N2CCOCC2)c1)C(=O)OCC#N. The molecule has 1 atom stereocenters. The van der Waals surface area contributed by atoms with Crippen molar-refractivity contribution in [1.29, 1.82) is 5.26 Å². The fourth-order valence-electron chi connectivity index (χ4n) is 2.65. The van der Waals surface area contributed by atoms with E-state index in [1.54, 1.807) is 19.9 Å². The van der Waals surface area contributed by atoms with Crippen molar-refractivity contribution in [2.75, 3.05) is 32.9 Å². The Kier molecular flexibility index (Phi) is 7.51. The molecule has 1 fully saturated rings. The van der Waals surface area contributed by atoms with Crippen molar-refractivity contribution in [3.8, 4) is 6.07 Å². The summed E-state index contributed by atoms with van der Waals surface area (Å²) >= 11 is 0. The second-order valence-electron chi connectivity index (χ2n) is 6.51. The molecule has 9 nitrogen and oxygen atoms in total. The van der Waals surface area contributed by atoms with Gasteiger partial charge < -0.3 is 14.8 Å². The van der Waals surface area contributed by atoms with Crippen LogP contribution in [0.1, 0.15) is 24.2 Å². The average Bonchev–Trinajstić information content (AvgIpc) is 2.70. The first kappa shape index (κ1) is 21.8. The van der Waals surface area contributed by atoms with Crippen LogP contribution in [0.25, 0.3) is 0 Å². The maximum absolute atomic E-state index is 12.8. The third-order valence-electron chi connectivity index (χ3n) is 4.19. The minimum Gasteiger partial charge on any atom is -0.449 e. The summed E-state index contributed by atoms with van der Waals surface area (Å²) in [5.41, 5.74) is 0.105. The van der Waals surface area contributed by atoms with Gasteiger partial charge >= 0.3 is 5.97 Å². The Hall–Kier alpha value is -2.48. The molecule has 1 saturated heterocycles. The van der Waals surface area contributed by atoms with E-state index in [4.69, 9.17) is 14.7 Å². The summed E-state index contributed by atoms with van der Waals surface area (Å²) in [7, 11) is -3.75. The van der Waals surface area contributed by atoms with Crippen molar-refractivity contribution in [3.63, 3.8) is 0 Å². The quantitative estimate of drug-likeness (QED) is 0.651. The molecule has 10 heteroatoms. The third-order valence-corrected chi connectivity index (χ3v) is 6.08. The molecular weight excluding hydrogens is 386 g/mol. The van der Waals surface area contributed by atoms with Gasteiger partial charge in [-0.05, 0) is 24.1 Å². The van der Waals surface area contributed by atoms with Gasteiger partial charge in [0.05, 0.1) is 18.1 Å². The van der Waals surface area contributed by atoms with E-state index in [9.17, 15) is 18.0 Å². The molecule has 1 aliphatic rings. The number of nitrogens with one attached hydrogen (secondary N) is 1. The Bertz CT molecular complexity index is 856. The maximum atomic E-state index is 12.8. The third kappa shape index (κ3) is 5.28. The number of nitrogens with zero attached hydrogens (tertiary/aromatic N) is 2. The Morgan fingerprint density at radius 3 is 2.61 bits per heavy atom. The molecule has 1 heterocycles. The number of hydrogen-bond acceptors (Lipinski definition) is 7. The van der Waals surface area contributed by atoms with Crippen molar-refractivity contribution >= 4 is 21.9 Å². The number of ether oxygens (including phenoxy) is 2. The number of rotatable bonds is 7. The van der Waals surface area contributed by atoms with Crippen LogP contribution in [0.2, 0.25) is 0 Å². The summed E-state index contributed by atoms with van der Waals surface area (Å²) < 4.78 is 36.8. The number of nitriles is 1. The van der Waals surface area contributed by atoms with E-state index in [0.29, 0.717) is 13.2 Å². The number of esters is 1. The molecule has 28 heavy (non-hydrogen) atoms. The Morgan fingerprint density at radius 1 is 1.32 bits per heavy atom. The van der Waals surface area contributed by atoms with Crippen LogP contribution >= 0.6 is 0 Å². The van der Waals surface area contributed by atoms with Gasteiger partial charge in [-0.2, -0.15) is 9.57 Å². The normalized spacial score (nSPS) is 16.2. The van der Waals surface area contributed by atoms with E-state index in [-0.39, 0.29) is 29.5 Å². The molecule has 1 N–H and O–H groups in total. The fourth-order valence-corrected chi connectivity index (χ4v) is 4.10. The molecule has 1 aliphatic heterocycles. The lowest BCUT2D eigenvalue weighted by Crippen LogP contribution is -2.45. The minimum atomic E-state index is -3.75. The van der Waals surface area contributed by atoms with E-state index in [2.05, 4.69) is 5.32 Å². The van der Waals surface area contributed by atoms with Gasteiger partial charge in [-0.1, -0.05) is 19.9 Å². The molecule has 1 aromatic carbocycles. The molecular formula is C18H23N3O6S. The highest BCUT2D eigenvalue weighted by atomic mass is 32.2. The van der Waals surface area contributed by atoms with Crippen LogP contribution in [0.3, 0.4) is 0 Å². The predicted molar refractivity (Wildman–Crippen MR) is 98.7 cm³/mol. The van der Waals surface area contributed by atoms with Crippen LogP contribution in [0.4, 0.5) is 0 Å². The van der Waals surface area contributed by atoms with Crippen LogP contribution in [-0.4, -0.2) is 63.6 Å². The Labute approximate surface area is 164 Å². The zero-order valence-corrected chi connectivity index (χ0v) is 16.6. The molecule has 0 bridgehead atoms. The van der Waals surface area contributed by atoms with Crippen LogP contribution in [-0.2, 0) is 24.3 Å². The summed E-state index contributed by atoms with van der Waals surface area (Å²) in [6.45, 7) is 4.17. The second-order valence-corrected chi connectivity index (χ2v) is 8.44. The number of benzene rings is 1. The standard InChI is InChI=1S/C18H23N3O6S/c1-13(2)16(18(23)27-9-6-19)20-17(22)14-4-3-5-15(12-14)28(24,25)21-7-10-26-11-8-21/h3-5,12-13,16H,7-11H2,1-2H3,(H,20,22)/t16-/m0/s1. The molecule has 1 amide bonds. The molecule has 0 radical (unpaired) electrons. The molecule has 0 aliphatic carbocycles. The first-order chi connectivity index (χ1) is 13.3. The van der Waals surface area contributed by atoms with E-state index in [1.165, 1.54) is 28.6 Å². The van der Waals surface area contributed by atoms with E-state index >= 15 is 0 Å². The summed E-state index contributed by atoms with van der Waals surface area (Å²) in [5.74, 6) is -1.61. The maximum Gasteiger partial charge on any atom is 0.329 e. The lowest BCUT2D eigenvalue weighted by molar-refractivity contribution is -0.145. The molecule has 2 rings (SSSR count). The first-order valence-electron chi connectivity index (χ1n) is 8.79. The van der Waals surface area contributed by atoms with Gasteiger partial charge in [0, 0.05) is 18.7 Å². The molecule has 0 aromatic heterocycles. The van der Waals surface area contributed by atoms with Crippen LogP contribution < -0.4 is 5.32 Å². The molecule has 0 saturated carbocycles. The van der Waals surface area contributed by atoms with Crippen molar-refractivity contribution in [1.82, 2.24) is 9.62 Å². The van der Waals surface area contributed by atoms with Crippen molar-refractivity contribution in [2.24, 2.45) is 5.92 Å². The van der Waals surface area contributed by atoms with Crippen molar-refractivity contribution in [2.45, 2.75) is 24.8 Å². The minimum absolute atomic E-state index is 0.00444. The highest BCUT2D eigenvalue weighted by Gasteiger charge is 2.29. The highest BCUT2D eigenvalue weighted by Crippen LogP contribution is 2.18. The summed E-state index contributed by atoms with van der Waals surface area (Å²) in [6.07, 6.45) is 0. The number of hydrogen-bond donors (Lipinski definition) is 1. The van der Waals surface area contributed by atoms with Gasteiger partial charge in [-0.15, -0.1) is 0 Å². The molecule has 0 unspecified atom stereocenters. The monoisotopic (exact) mass is 409 g/mol. The first-order valence-corrected chi connectivity index (χ1v) is 10.2. The molecule has 1 aromatic rings. The van der Waals surface area contributed by atoms with Crippen LogP contribution in [0.5, 0.6) is 0 Å². The van der Waals surface area contributed by atoms with Gasteiger partial charge in [-0.25, -0.2) is 13.2 Å². The number of carbonyl (C=O) groups excluding carboxylic acids is 2. The largest absolute Gasteiger partial charge is 0.449 e. The fraction of sp³-hybridized carbons (Fsp3) is 0.500. The van der Waals surface area contributed by atoms with Crippen molar-refractivity contribution in [3.05, 3.63) is 29.8 Å². The van der Waals surface area contributed by atoms with Crippen LogP contribution in [0.15, 0.2) is 29.2 Å². The summed E-state index contributed by atoms with van der Waals surface area (Å²) in [4.78, 5) is 24.6. The second kappa shape index (κ2) is 9.64. The summed E-state index contributed by atoms with van der Waals surface area (Å²) in [6, 6.07) is 6.37. The molecule has 152 valence electrons. The Balaban J connectivity index is 2.19. The number of sulfonamides is 1. The topological polar surface area (TPSA) is 126 Å². The number of morpholine rings is 1. The van der Waals surface area contributed by atoms with E-state index < -0.39 is 34.5 Å². The van der Waals surface area contributed by atoms with Crippen molar-refractivity contribution < 1.29 is 27.5 Å². The van der Waals surface area contributed by atoms with Gasteiger partial charge in [0.15, 0.2) is 6.61 Å². The number of carbonyl (C=O) groups is 2. The van der Waals surface area contributed by atoms with E-state index in [0.717, 1.165) is 0 Å². The lowest BCUT2D eigenvalue weighted by Gasteiger charge is -2.26. The van der Waals surface area contributed by atoms with Crippen LogP contribution in [0, 0.1) is 17.2 Å². The van der Waals surface area contributed by atoms with Gasteiger partial charge in [0.1, 0.15) is 12.1 Å². The predicted octanol–water partition coefficient (Wildman–Crippen LogP) is 0.529. The highest BCUT2D eigenvalue weighted by molar-refractivity contribution is 7.89. The zero-order valence-electron chi connectivity index (χ0n) is 15.8. The Morgan fingerprint density at radius 2 is 2.00 bits per heavy atom. The van der Waals surface area contributed by atoms with E-state index in [1.807, 2.05) is 0 Å². The lowest BCUT2D eigenvalue weighted by atomic mass is 10.0. The summed E-state index contributed by atoms with van der Waals surface area (Å²) in [5, 5.41) is 11.1.